The number of rotatable bonds is 4. The van der Waals surface area contributed by atoms with Gasteiger partial charge in [-0.05, 0) is 56.9 Å². The van der Waals surface area contributed by atoms with Crippen LogP contribution in [0, 0.1) is 6.92 Å². The highest BCUT2D eigenvalue weighted by Gasteiger charge is 2.23. The molecule has 0 aromatic heterocycles. The van der Waals surface area contributed by atoms with Gasteiger partial charge in [0.15, 0.2) is 0 Å². The third kappa shape index (κ3) is 3.53. The molecule has 1 aromatic carbocycles. The van der Waals surface area contributed by atoms with Crippen LogP contribution in [0.15, 0.2) is 18.2 Å². The van der Waals surface area contributed by atoms with Gasteiger partial charge in [-0.1, -0.05) is 13.0 Å². The summed E-state index contributed by atoms with van der Waals surface area (Å²) >= 11 is 0. The minimum atomic E-state index is 0.266. The van der Waals surface area contributed by atoms with Crippen LogP contribution in [0.1, 0.15) is 38.3 Å². The van der Waals surface area contributed by atoms with Crippen LogP contribution in [-0.2, 0) is 11.2 Å². The van der Waals surface area contributed by atoms with Gasteiger partial charge in [0.2, 0.25) is 0 Å². The molecule has 20 heavy (non-hydrogen) atoms. The highest BCUT2D eigenvalue weighted by molar-refractivity contribution is 5.52. The number of nitrogens with zero attached hydrogens (tertiary/aromatic N) is 1. The largest absolute Gasteiger partial charge is 0.375 e. The van der Waals surface area contributed by atoms with Crippen LogP contribution < -0.4 is 10.6 Å². The molecule has 1 heterocycles. The number of hydrogen-bond donors (Lipinski definition) is 1. The molecule has 0 amide bonds. The van der Waals surface area contributed by atoms with E-state index in [1.807, 2.05) is 0 Å². The first kappa shape index (κ1) is 15.3. The molecule has 0 spiro atoms. The van der Waals surface area contributed by atoms with E-state index in [-0.39, 0.29) is 6.04 Å². The van der Waals surface area contributed by atoms with Gasteiger partial charge in [-0.3, -0.25) is 0 Å². The molecule has 1 saturated heterocycles. The lowest BCUT2D eigenvalue weighted by Gasteiger charge is -2.38. The van der Waals surface area contributed by atoms with E-state index in [0.29, 0.717) is 12.1 Å². The van der Waals surface area contributed by atoms with Crippen molar-refractivity contribution in [3.63, 3.8) is 0 Å². The van der Waals surface area contributed by atoms with Crippen LogP contribution in [0.2, 0.25) is 0 Å². The van der Waals surface area contributed by atoms with Crippen LogP contribution in [0.4, 0.5) is 5.69 Å². The van der Waals surface area contributed by atoms with Gasteiger partial charge in [-0.15, -0.1) is 0 Å². The predicted octanol–water partition coefficient (Wildman–Crippen LogP) is 2.89. The van der Waals surface area contributed by atoms with Crippen molar-refractivity contribution in [3.05, 3.63) is 29.3 Å². The molecule has 3 unspecified atom stereocenters. The van der Waals surface area contributed by atoms with E-state index in [9.17, 15) is 0 Å². The van der Waals surface area contributed by atoms with Crippen molar-refractivity contribution in [2.24, 2.45) is 5.73 Å². The molecule has 3 nitrogen and oxygen atoms in total. The Kier molecular flexibility index (Phi) is 5.06. The zero-order chi connectivity index (χ0) is 14.7. The Balaban J connectivity index is 2.15. The van der Waals surface area contributed by atoms with Crippen molar-refractivity contribution in [2.45, 2.75) is 58.7 Å². The van der Waals surface area contributed by atoms with Crippen LogP contribution in [0.3, 0.4) is 0 Å². The van der Waals surface area contributed by atoms with Gasteiger partial charge in [0.25, 0.3) is 0 Å². The lowest BCUT2D eigenvalue weighted by atomic mass is 9.99. The molecule has 1 aliphatic heterocycles. The van der Waals surface area contributed by atoms with Gasteiger partial charge in [0, 0.05) is 24.3 Å². The monoisotopic (exact) mass is 276 g/mol. The number of anilines is 1. The number of benzene rings is 1. The maximum absolute atomic E-state index is 6.07. The summed E-state index contributed by atoms with van der Waals surface area (Å²) in [6, 6.07) is 7.48. The van der Waals surface area contributed by atoms with Gasteiger partial charge in [-0.2, -0.15) is 0 Å². The Labute approximate surface area is 123 Å². The lowest BCUT2D eigenvalue weighted by Crippen LogP contribution is -2.47. The molecule has 0 bridgehead atoms. The molecule has 0 aliphatic carbocycles. The second-order valence-electron chi connectivity index (χ2n) is 6.13. The van der Waals surface area contributed by atoms with E-state index in [4.69, 9.17) is 10.5 Å². The van der Waals surface area contributed by atoms with E-state index < -0.39 is 0 Å². The van der Waals surface area contributed by atoms with Gasteiger partial charge in [-0.25, -0.2) is 0 Å². The van der Waals surface area contributed by atoms with E-state index in [1.54, 1.807) is 0 Å². The first-order chi connectivity index (χ1) is 9.51. The highest BCUT2D eigenvalue weighted by atomic mass is 16.5. The zero-order valence-corrected chi connectivity index (χ0v) is 13.2. The quantitative estimate of drug-likeness (QED) is 0.919. The summed E-state index contributed by atoms with van der Waals surface area (Å²) < 4.78 is 5.70. The Bertz CT molecular complexity index is 447. The Hall–Kier alpha value is -1.06. The van der Waals surface area contributed by atoms with Crippen LogP contribution >= 0.6 is 0 Å². The van der Waals surface area contributed by atoms with E-state index in [2.05, 4.69) is 50.8 Å². The number of nitrogens with two attached hydrogens (primary N) is 1. The van der Waals surface area contributed by atoms with Gasteiger partial charge >= 0.3 is 0 Å². The summed E-state index contributed by atoms with van der Waals surface area (Å²) in [7, 11) is 0. The Morgan fingerprint density at radius 1 is 1.40 bits per heavy atom. The van der Waals surface area contributed by atoms with Gasteiger partial charge in [0.05, 0.1) is 12.7 Å². The van der Waals surface area contributed by atoms with Gasteiger partial charge in [0.1, 0.15) is 0 Å². The fourth-order valence-electron chi connectivity index (χ4n) is 2.78. The summed E-state index contributed by atoms with van der Waals surface area (Å²) in [5, 5.41) is 0. The van der Waals surface area contributed by atoms with Crippen molar-refractivity contribution < 1.29 is 4.74 Å². The van der Waals surface area contributed by atoms with Crippen molar-refractivity contribution in [3.8, 4) is 0 Å². The highest BCUT2D eigenvalue weighted by Crippen LogP contribution is 2.25. The molecular formula is C17H28N2O. The lowest BCUT2D eigenvalue weighted by molar-refractivity contribution is 0.0344. The number of morpholine rings is 1. The molecule has 1 aliphatic rings. The summed E-state index contributed by atoms with van der Waals surface area (Å²) in [4.78, 5) is 2.45. The number of aryl methyl sites for hydroxylation is 1. The summed E-state index contributed by atoms with van der Waals surface area (Å²) in [5.41, 5.74) is 10.1. The maximum atomic E-state index is 6.07. The van der Waals surface area contributed by atoms with Crippen molar-refractivity contribution >= 4 is 5.69 Å². The summed E-state index contributed by atoms with van der Waals surface area (Å²) in [6.07, 6.45) is 2.30. The molecule has 3 atom stereocenters. The van der Waals surface area contributed by atoms with Crippen molar-refractivity contribution in [1.82, 2.24) is 0 Å². The fraction of sp³-hybridized carbons (Fsp3) is 0.647. The zero-order valence-electron chi connectivity index (χ0n) is 13.2. The first-order valence-corrected chi connectivity index (χ1v) is 7.74. The average molecular weight is 276 g/mol. The normalized spacial score (nSPS) is 24.8. The SMILES string of the molecule is CCC(N)Cc1ccc(N2CC(C)OCC2C)cc1C. The van der Waals surface area contributed by atoms with Crippen LogP contribution in [-0.4, -0.2) is 31.3 Å². The smallest absolute Gasteiger partial charge is 0.0723 e. The molecule has 2 N–H and O–H groups in total. The standard InChI is InChI=1S/C17H28N2O/c1-5-16(18)9-15-6-7-17(8-12(15)2)19-10-14(4)20-11-13(19)3/h6-8,13-14,16H,5,9-11,18H2,1-4H3. The van der Waals surface area contributed by atoms with Gasteiger partial charge < -0.3 is 15.4 Å². The summed E-state index contributed by atoms with van der Waals surface area (Å²) in [6.45, 7) is 10.5. The van der Waals surface area contributed by atoms with E-state index in [1.165, 1.54) is 16.8 Å². The second-order valence-corrected chi connectivity index (χ2v) is 6.13. The molecule has 1 aromatic rings. The molecule has 0 radical (unpaired) electrons. The number of ether oxygens (including phenoxy) is 1. The van der Waals surface area contributed by atoms with Crippen LogP contribution in [0.25, 0.3) is 0 Å². The maximum Gasteiger partial charge on any atom is 0.0723 e. The Morgan fingerprint density at radius 3 is 2.80 bits per heavy atom. The molecule has 1 fully saturated rings. The molecule has 112 valence electrons. The molecular weight excluding hydrogens is 248 g/mol. The molecule has 0 saturated carbocycles. The third-order valence-electron chi connectivity index (χ3n) is 4.27. The van der Waals surface area contributed by atoms with Crippen molar-refractivity contribution in [2.75, 3.05) is 18.1 Å². The predicted molar refractivity (Wildman–Crippen MR) is 85.4 cm³/mol. The molecule has 2 rings (SSSR count). The van der Waals surface area contributed by atoms with Crippen molar-refractivity contribution in [1.29, 1.82) is 0 Å². The van der Waals surface area contributed by atoms with Crippen LogP contribution in [0.5, 0.6) is 0 Å². The topological polar surface area (TPSA) is 38.5 Å². The minimum Gasteiger partial charge on any atom is -0.375 e. The van der Waals surface area contributed by atoms with E-state index in [0.717, 1.165) is 26.0 Å². The average Bonchev–Trinajstić information content (AvgIpc) is 2.43. The minimum absolute atomic E-state index is 0.266. The Morgan fingerprint density at radius 2 is 2.15 bits per heavy atom. The fourth-order valence-corrected chi connectivity index (χ4v) is 2.78. The summed E-state index contributed by atoms with van der Waals surface area (Å²) in [5.74, 6) is 0. The number of hydrogen-bond acceptors (Lipinski definition) is 3. The van der Waals surface area contributed by atoms with E-state index >= 15 is 0 Å². The molecule has 3 heteroatoms. The second kappa shape index (κ2) is 6.59. The first-order valence-electron chi connectivity index (χ1n) is 7.74. The third-order valence-corrected chi connectivity index (χ3v) is 4.27.